The van der Waals surface area contributed by atoms with E-state index in [2.05, 4.69) is 20.1 Å². The summed E-state index contributed by atoms with van der Waals surface area (Å²) >= 11 is 0. The lowest BCUT2D eigenvalue weighted by Gasteiger charge is -2.19. The minimum atomic E-state index is 0.232. The van der Waals surface area contributed by atoms with E-state index in [0.717, 1.165) is 6.42 Å². The summed E-state index contributed by atoms with van der Waals surface area (Å²) in [5, 5.41) is 0. The van der Waals surface area contributed by atoms with Gasteiger partial charge >= 0.3 is 0 Å². The van der Waals surface area contributed by atoms with Crippen LogP contribution in [-0.4, -0.2) is 23.9 Å². The third-order valence-corrected chi connectivity index (χ3v) is 4.05. The molecule has 1 amide bonds. The average molecular weight is 308 g/mol. The molecular formula is C20H37NO. The van der Waals surface area contributed by atoms with Crippen molar-refractivity contribution in [2.24, 2.45) is 0 Å². The lowest BCUT2D eigenvalue weighted by molar-refractivity contribution is -0.130. The first-order chi connectivity index (χ1) is 10.8. The normalized spacial score (nSPS) is 10.4. The topological polar surface area (TPSA) is 20.3 Å². The number of unbranched alkanes of at least 4 members (excludes halogenated alkanes) is 10. The molecule has 0 fully saturated rings. The van der Waals surface area contributed by atoms with Crippen molar-refractivity contribution in [1.29, 1.82) is 0 Å². The fourth-order valence-electron chi connectivity index (χ4n) is 2.69. The summed E-state index contributed by atoms with van der Waals surface area (Å²) < 4.78 is 0. The van der Waals surface area contributed by atoms with Crippen molar-refractivity contribution < 1.29 is 4.79 Å². The molecule has 0 aliphatic carbocycles. The minimum Gasteiger partial charge on any atom is -0.335 e. The highest BCUT2D eigenvalue weighted by molar-refractivity contribution is 5.76. The Labute approximate surface area is 138 Å². The van der Waals surface area contributed by atoms with E-state index in [9.17, 15) is 4.79 Å². The molecule has 2 nitrogen and oxygen atoms in total. The summed E-state index contributed by atoms with van der Waals surface area (Å²) in [6.45, 7) is 10.9. The van der Waals surface area contributed by atoms with E-state index in [-0.39, 0.29) is 5.91 Å². The molecular weight excluding hydrogens is 270 g/mol. The Balaban J connectivity index is 3.42. The fourth-order valence-corrected chi connectivity index (χ4v) is 2.69. The standard InChI is InChI=1S/C20H37NO/c1-4-7-8-9-10-11-12-13-14-15-16-17-20(22)21(18-5-2)19-6-3/h5-6H,2-4,7-19H2,1H3. The Morgan fingerprint density at radius 1 is 0.773 bits per heavy atom. The Bertz CT molecular complexity index is 275. The molecule has 0 spiro atoms. The second-order valence-corrected chi connectivity index (χ2v) is 6.16. The van der Waals surface area contributed by atoms with Crippen LogP contribution in [0.1, 0.15) is 84.0 Å². The molecule has 0 bridgehead atoms. The summed E-state index contributed by atoms with van der Waals surface area (Å²) in [6, 6.07) is 0. The average Bonchev–Trinajstić information content (AvgIpc) is 2.52. The van der Waals surface area contributed by atoms with E-state index >= 15 is 0 Å². The maximum Gasteiger partial charge on any atom is 0.223 e. The van der Waals surface area contributed by atoms with Crippen LogP contribution in [-0.2, 0) is 4.79 Å². The summed E-state index contributed by atoms with van der Waals surface area (Å²) in [5.74, 6) is 0.232. The van der Waals surface area contributed by atoms with Crippen LogP contribution in [0.5, 0.6) is 0 Å². The number of amides is 1. The maximum absolute atomic E-state index is 12.0. The largest absolute Gasteiger partial charge is 0.335 e. The molecule has 0 aromatic heterocycles. The fraction of sp³-hybridized carbons (Fsp3) is 0.750. The van der Waals surface area contributed by atoms with Crippen LogP contribution < -0.4 is 0 Å². The lowest BCUT2D eigenvalue weighted by atomic mass is 10.1. The van der Waals surface area contributed by atoms with E-state index in [1.54, 1.807) is 12.2 Å². The zero-order valence-electron chi connectivity index (χ0n) is 14.8. The van der Waals surface area contributed by atoms with E-state index in [4.69, 9.17) is 0 Å². The predicted octanol–water partition coefficient (Wildman–Crippen LogP) is 5.89. The van der Waals surface area contributed by atoms with Crippen molar-refractivity contribution in [1.82, 2.24) is 4.90 Å². The van der Waals surface area contributed by atoms with Gasteiger partial charge in [-0.1, -0.05) is 83.3 Å². The Morgan fingerprint density at radius 2 is 1.18 bits per heavy atom. The molecule has 0 saturated carbocycles. The van der Waals surface area contributed by atoms with E-state index < -0.39 is 0 Å². The zero-order valence-corrected chi connectivity index (χ0v) is 14.8. The molecule has 128 valence electrons. The van der Waals surface area contributed by atoms with Crippen molar-refractivity contribution in [3.8, 4) is 0 Å². The molecule has 0 heterocycles. The number of nitrogens with zero attached hydrogens (tertiary/aromatic N) is 1. The molecule has 0 aliphatic heterocycles. The van der Waals surface area contributed by atoms with Gasteiger partial charge in [-0.25, -0.2) is 0 Å². The number of carbonyl (C=O) groups is 1. The Morgan fingerprint density at radius 3 is 1.59 bits per heavy atom. The SMILES string of the molecule is C=CCN(CC=C)C(=O)CCCCCCCCCCCCC. The predicted molar refractivity (Wildman–Crippen MR) is 98.1 cm³/mol. The van der Waals surface area contributed by atoms with Gasteiger partial charge in [0.25, 0.3) is 0 Å². The molecule has 0 atom stereocenters. The van der Waals surface area contributed by atoms with Crippen LogP contribution in [0.2, 0.25) is 0 Å². The van der Waals surface area contributed by atoms with Crippen LogP contribution in [0.25, 0.3) is 0 Å². The summed E-state index contributed by atoms with van der Waals surface area (Å²) in [4.78, 5) is 13.8. The van der Waals surface area contributed by atoms with Gasteiger partial charge in [0.1, 0.15) is 0 Å². The molecule has 0 saturated heterocycles. The first-order valence-electron chi connectivity index (χ1n) is 9.25. The van der Waals surface area contributed by atoms with Gasteiger partial charge in [0.05, 0.1) is 0 Å². The number of hydrogen-bond acceptors (Lipinski definition) is 1. The summed E-state index contributed by atoms with van der Waals surface area (Å²) in [5.41, 5.74) is 0. The first-order valence-corrected chi connectivity index (χ1v) is 9.25. The van der Waals surface area contributed by atoms with Gasteiger partial charge in [-0.2, -0.15) is 0 Å². The highest BCUT2D eigenvalue weighted by Gasteiger charge is 2.09. The van der Waals surface area contributed by atoms with Crippen LogP contribution in [0, 0.1) is 0 Å². The molecule has 0 radical (unpaired) electrons. The molecule has 0 aliphatic rings. The van der Waals surface area contributed by atoms with Gasteiger partial charge in [-0.05, 0) is 6.42 Å². The minimum absolute atomic E-state index is 0.232. The number of rotatable bonds is 16. The van der Waals surface area contributed by atoms with Gasteiger partial charge < -0.3 is 4.90 Å². The smallest absolute Gasteiger partial charge is 0.223 e. The number of hydrogen-bond donors (Lipinski definition) is 0. The zero-order chi connectivity index (χ0) is 16.5. The van der Waals surface area contributed by atoms with Crippen molar-refractivity contribution in [2.75, 3.05) is 13.1 Å². The molecule has 0 rings (SSSR count). The second-order valence-electron chi connectivity index (χ2n) is 6.16. The Hall–Kier alpha value is -1.05. The van der Waals surface area contributed by atoms with Crippen LogP contribution >= 0.6 is 0 Å². The maximum atomic E-state index is 12.0. The van der Waals surface area contributed by atoms with Crippen molar-refractivity contribution >= 4 is 5.91 Å². The summed E-state index contributed by atoms with van der Waals surface area (Å²) in [6.07, 6.45) is 18.7. The highest BCUT2D eigenvalue weighted by Crippen LogP contribution is 2.12. The second kappa shape index (κ2) is 16.3. The molecule has 0 N–H and O–H groups in total. The van der Waals surface area contributed by atoms with Crippen molar-refractivity contribution in [3.63, 3.8) is 0 Å². The van der Waals surface area contributed by atoms with Gasteiger partial charge in [0, 0.05) is 19.5 Å². The van der Waals surface area contributed by atoms with Gasteiger partial charge in [-0.15, -0.1) is 13.2 Å². The van der Waals surface area contributed by atoms with Crippen LogP contribution in [0.4, 0.5) is 0 Å². The quantitative estimate of drug-likeness (QED) is 0.257. The molecule has 22 heavy (non-hydrogen) atoms. The molecule has 2 heteroatoms. The first kappa shape index (κ1) is 20.9. The molecule has 0 aromatic rings. The van der Waals surface area contributed by atoms with E-state index in [0.29, 0.717) is 19.5 Å². The monoisotopic (exact) mass is 307 g/mol. The third-order valence-electron chi connectivity index (χ3n) is 4.05. The van der Waals surface area contributed by atoms with Gasteiger partial charge in [-0.3, -0.25) is 4.79 Å². The molecule has 0 aromatic carbocycles. The van der Waals surface area contributed by atoms with Crippen LogP contribution in [0.15, 0.2) is 25.3 Å². The van der Waals surface area contributed by atoms with Gasteiger partial charge in [0.2, 0.25) is 5.91 Å². The lowest BCUT2D eigenvalue weighted by Crippen LogP contribution is -2.30. The Kier molecular flexibility index (Phi) is 15.5. The third kappa shape index (κ3) is 12.7. The highest BCUT2D eigenvalue weighted by atomic mass is 16.2. The number of carbonyl (C=O) groups excluding carboxylic acids is 1. The van der Waals surface area contributed by atoms with Crippen LogP contribution in [0.3, 0.4) is 0 Å². The van der Waals surface area contributed by atoms with E-state index in [1.807, 2.05) is 4.90 Å². The summed E-state index contributed by atoms with van der Waals surface area (Å²) in [7, 11) is 0. The van der Waals surface area contributed by atoms with Crippen molar-refractivity contribution in [2.45, 2.75) is 84.0 Å². The van der Waals surface area contributed by atoms with Gasteiger partial charge in [0.15, 0.2) is 0 Å². The van der Waals surface area contributed by atoms with E-state index in [1.165, 1.54) is 64.2 Å². The molecule has 0 unspecified atom stereocenters. The van der Waals surface area contributed by atoms with Crippen molar-refractivity contribution in [3.05, 3.63) is 25.3 Å².